The molecule has 9 N–H and O–H groups in total. The highest BCUT2D eigenvalue weighted by Gasteiger charge is 2.18. The number of rotatable bonds is 12. The van der Waals surface area contributed by atoms with Gasteiger partial charge in [-0.15, -0.1) is 12.4 Å². The Kier molecular flexibility index (Phi) is 25.8. The Morgan fingerprint density at radius 1 is 0.870 bits per heavy atom. The lowest BCUT2D eigenvalue weighted by molar-refractivity contribution is -0.150. The predicted molar refractivity (Wildman–Crippen MR) is 180 cm³/mol. The fourth-order valence-corrected chi connectivity index (χ4v) is 3.65. The molecule has 0 radical (unpaired) electrons. The minimum absolute atomic E-state index is 0. The Balaban J connectivity index is 0. The highest BCUT2D eigenvalue weighted by molar-refractivity contribution is 5.85. The molecule has 260 valence electrons. The molecule has 3 atom stereocenters. The zero-order chi connectivity index (χ0) is 34.2. The van der Waals surface area contributed by atoms with E-state index in [0.29, 0.717) is 18.8 Å². The van der Waals surface area contributed by atoms with Crippen LogP contribution >= 0.6 is 12.4 Å². The summed E-state index contributed by atoms with van der Waals surface area (Å²) in [4.78, 5) is 44.7. The Morgan fingerprint density at radius 2 is 1.37 bits per heavy atom. The van der Waals surface area contributed by atoms with Gasteiger partial charge in [-0.1, -0.05) is 74.5 Å². The first-order chi connectivity index (χ1) is 21.3. The number of likely N-dealkylation sites (N-methyl/N-ethyl adjacent to an activating group) is 2. The van der Waals surface area contributed by atoms with Gasteiger partial charge in [0.2, 0.25) is 0 Å². The molecule has 0 aromatic heterocycles. The van der Waals surface area contributed by atoms with E-state index in [-0.39, 0.29) is 25.1 Å². The van der Waals surface area contributed by atoms with Crippen LogP contribution in [0.25, 0.3) is 0 Å². The van der Waals surface area contributed by atoms with Crippen LogP contribution in [0.4, 0.5) is 0 Å². The summed E-state index contributed by atoms with van der Waals surface area (Å²) in [7, 11) is 3.82. The van der Waals surface area contributed by atoms with Crippen LogP contribution in [0.15, 0.2) is 60.7 Å². The first-order valence-electron chi connectivity index (χ1n) is 14.8. The van der Waals surface area contributed by atoms with Gasteiger partial charge in [0.15, 0.2) is 0 Å². The first kappa shape index (κ1) is 44.5. The highest BCUT2D eigenvalue weighted by Crippen LogP contribution is 2.04. The summed E-state index contributed by atoms with van der Waals surface area (Å²) >= 11 is 0. The van der Waals surface area contributed by atoms with Crippen molar-refractivity contribution in [1.82, 2.24) is 15.5 Å². The Labute approximate surface area is 278 Å². The molecule has 1 aliphatic rings. The number of carbonyl (C=O) groups excluding carboxylic acids is 1. The van der Waals surface area contributed by atoms with Crippen molar-refractivity contribution in [3.63, 3.8) is 0 Å². The molecular formula is C32H52ClN5O8. The van der Waals surface area contributed by atoms with E-state index in [9.17, 15) is 19.2 Å². The number of nitrogens with two attached hydrogens (primary N) is 2. The maximum atomic E-state index is 11.2. The number of ether oxygens (including phenoxy) is 1. The number of hydrogen-bond acceptors (Lipinski definition) is 10. The summed E-state index contributed by atoms with van der Waals surface area (Å²) in [5, 5.41) is 31.5. The standard InChI is InChI=1S/C11H13NO4.C9H11NO2.C7H15NO2.C5H12N2.ClH/c12-9(6-10(13)14)11(15)16-7-8-4-2-1-3-5-8;10-8(9(11)12)6-7-4-2-1-3-5-7;1-5(2)4-6(8-3)7(9)10;1-7-4-2-6-3-5-7;/h1-5,9H,6-7,12H2,(H,13,14);1-5,8H,6,10H2,(H,11,12);5-6,8H,4H2,1-3H3,(H,9,10);6H,2-5H2,1H3;1H/t9-;8-;6-;;/m000../s1. The van der Waals surface area contributed by atoms with Gasteiger partial charge in [0.05, 0.1) is 6.42 Å². The SMILES string of the molecule is CN1CCNCC1.CN[C@@H](CC(C)C)C(=O)O.Cl.N[C@@H](CC(=O)O)C(=O)OCc1ccccc1.N[C@@H](Cc1ccccc1)C(=O)O. The van der Waals surface area contributed by atoms with Crippen LogP contribution in [0.3, 0.4) is 0 Å². The number of carboxylic acids is 3. The quantitative estimate of drug-likeness (QED) is 0.161. The van der Waals surface area contributed by atoms with Gasteiger partial charge in [-0.05, 0) is 44.0 Å². The molecular weight excluding hydrogens is 618 g/mol. The molecule has 1 fully saturated rings. The number of nitrogens with one attached hydrogen (secondary N) is 2. The highest BCUT2D eigenvalue weighted by atomic mass is 35.5. The van der Waals surface area contributed by atoms with Gasteiger partial charge in [-0.2, -0.15) is 0 Å². The van der Waals surface area contributed by atoms with Gasteiger partial charge in [0.1, 0.15) is 24.7 Å². The third-order valence-corrected chi connectivity index (χ3v) is 6.23. The number of aliphatic carboxylic acids is 3. The van der Waals surface area contributed by atoms with E-state index >= 15 is 0 Å². The third-order valence-electron chi connectivity index (χ3n) is 6.23. The average molecular weight is 670 g/mol. The topological polar surface area (TPSA) is 218 Å². The molecule has 14 heteroatoms. The minimum Gasteiger partial charge on any atom is -0.481 e. The van der Waals surface area contributed by atoms with Crippen molar-refractivity contribution in [1.29, 1.82) is 0 Å². The van der Waals surface area contributed by atoms with Crippen molar-refractivity contribution in [2.24, 2.45) is 17.4 Å². The van der Waals surface area contributed by atoms with Crippen LogP contribution in [0.1, 0.15) is 37.8 Å². The molecule has 0 saturated carbocycles. The molecule has 0 bridgehead atoms. The second-order valence-corrected chi connectivity index (χ2v) is 10.8. The van der Waals surface area contributed by atoms with Crippen molar-refractivity contribution in [3.8, 4) is 0 Å². The van der Waals surface area contributed by atoms with E-state index in [2.05, 4.69) is 22.6 Å². The summed E-state index contributed by atoms with van der Waals surface area (Å²) in [6, 6.07) is 16.1. The fourth-order valence-electron chi connectivity index (χ4n) is 3.65. The van der Waals surface area contributed by atoms with Gasteiger partial charge in [0.25, 0.3) is 0 Å². The molecule has 13 nitrogen and oxygen atoms in total. The predicted octanol–water partition coefficient (Wildman–Crippen LogP) is 1.82. The van der Waals surface area contributed by atoms with E-state index in [4.69, 9.17) is 31.5 Å². The summed E-state index contributed by atoms with van der Waals surface area (Å²) < 4.78 is 4.86. The van der Waals surface area contributed by atoms with E-state index in [0.717, 1.165) is 24.2 Å². The molecule has 46 heavy (non-hydrogen) atoms. The normalized spacial score (nSPS) is 14.2. The van der Waals surface area contributed by atoms with Gasteiger partial charge in [0, 0.05) is 26.2 Å². The molecule has 2 aromatic rings. The monoisotopic (exact) mass is 669 g/mol. The molecule has 1 heterocycles. The van der Waals surface area contributed by atoms with Crippen LogP contribution in [-0.2, 0) is 36.9 Å². The number of carboxylic acid groups (broad SMARTS) is 3. The number of hydrogen-bond donors (Lipinski definition) is 7. The molecule has 3 rings (SSSR count). The second kappa shape index (κ2) is 26.6. The zero-order valence-corrected chi connectivity index (χ0v) is 27.9. The number of carbonyl (C=O) groups is 4. The largest absolute Gasteiger partial charge is 0.481 e. The molecule has 0 spiro atoms. The lowest BCUT2D eigenvalue weighted by Gasteiger charge is -2.21. The van der Waals surface area contributed by atoms with E-state index < -0.39 is 42.4 Å². The lowest BCUT2D eigenvalue weighted by atomic mass is 10.0. The van der Waals surface area contributed by atoms with Crippen molar-refractivity contribution in [3.05, 3.63) is 71.8 Å². The van der Waals surface area contributed by atoms with Crippen LogP contribution in [-0.4, -0.2) is 102 Å². The summed E-state index contributed by atoms with van der Waals surface area (Å²) in [5.74, 6) is -3.13. The van der Waals surface area contributed by atoms with E-state index in [1.807, 2.05) is 62.4 Å². The lowest BCUT2D eigenvalue weighted by Crippen LogP contribution is -2.40. The first-order valence-corrected chi connectivity index (χ1v) is 14.8. The van der Waals surface area contributed by atoms with Gasteiger partial charge >= 0.3 is 23.9 Å². The minimum atomic E-state index is -1.12. The van der Waals surface area contributed by atoms with Crippen LogP contribution in [0.5, 0.6) is 0 Å². The molecule has 0 amide bonds. The van der Waals surface area contributed by atoms with E-state index in [1.165, 1.54) is 13.1 Å². The van der Waals surface area contributed by atoms with Gasteiger partial charge in [-0.25, -0.2) is 0 Å². The average Bonchev–Trinajstić information content (AvgIpc) is 3.00. The number of piperazine rings is 1. The molecule has 0 unspecified atom stereocenters. The van der Waals surface area contributed by atoms with Crippen LogP contribution < -0.4 is 22.1 Å². The number of nitrogens with zero attached hydrogens (tertiary/aromatic N) is 1. The van der Waals surface area contributed by atoms with Crippen molar-refractivity contribution in [2.45, 2.75) is 57.8 Å². The number of benzene rings is 2. The molecule has 0 aliphatic carbocycles. The molecule has 1 saturated heterocycles. The van der Waals surface area contributed by atoms with Crippen LogP contribution in [0.2, 0.25) is 0 Å². The fraction of sp³-hybridized carbons (Fsp3) is 0.500. The van der Waals surface area contributed by atoms with Crippen molar-refractivity contribution < 1.29 is 39.2 Å². The second-order valence-electron chi connectivity index (χ2n) is 10.8. The Hall–Kier alpha value is -3.59. The molecule has 1 aliphatic heterocycles. The Bertz CT molecular complexity index is 1110. The maximum absolute atomic E-state index is 11.2. The molecule has 2 aromatic carbocycles. The third kappa shape index (κ3) is 23.7. The van der Waals surface area contributed by atoms with E-state index in [1.54, 1.807) is 19.2 Å². The number of halogens is 1. The van der Waals surface area contributed by atoms with Crippen molar-refractivity contribution in [2.75, 3.05) is 40.3 Å². The van der Waals surface area contributed by atoms with Crippen LogP contribution in [0, 0.1) is 5.92 Å². The number of esters is 1. The summed E-state index contributed by atoms with van der Waals surface area (Å²) in [5.41, 5.74) is 12.5. The maximum Gasteiger partial charge on any atom is 0.323 e. The summed E-state index contributed by atoms with van der Waals surface area (Å²) in [6.07, 6.45) is 0.648. The van der Waals surface area contributed by atoms with Gasteiger partial charge < -0.3 is 47.1 Å². The Morgan fingerprint density at radius 3 is 1.72 bits per heavy atom. The van der Waals surface area contributed by atoms with Gasteiger partial charge in [-0.3, -0.25) is 19.2 Å². The summed E-state index contributed by atoms with van der Waals surface area (Å²) in [6.45, 7) is 8.86. The zero-order valence-electron chi connectivity index (χ0n) is 27.1. The van der Waals surface area contributed by atoms with Crippen molar-refractivity contribution >= 4 is 36.3 Å². The smallest absolute Gasteiger partial charge is 0.323 e.